The predicted octanol–water partition coefficient (Wildman–Crippen LogP) is 13.3. The Bertz CT molecular complexity index is 1720. The quantitative estimate of drug-likeness (QED) is 0.0342. The lowest BCUT2D eigenvalue weighted by Gasteiger charge is -2.14. The van der Waals surface area contributed by atoms with Gasteiger partial charge in [-0.25, -0.2) is 17.6 Å². The molecule has 4 nitrogen and oxygen atoms in total. The molecule has 0 spiro atoms. The first kappa shape index (κ1) is 45.4. The van der Waals surface area contributed by atoms with Gasteiger partial charge in [0.05, 0.1) is 25.9 Å². The van der Waals surface area contributed by atoms with Gasteiger partial charge in [-0.3, -0.25) is 0 Å². The van der Waals surface area contributed by atoms with E-state index in [0.29, 0.717) is 45.5 Å². The molecule has 0 radical (unpaired) electrons. The fourth-order valence-corrected chi connectivity index (χ4v) is 6.52. The minimum atomic E-state index is -1.13. The molecule has 0 saturated heterocycles. The first-order valence-corrected chi connectivity index (χ1v) is 20.3. The molecule has 310 valence electrons. The highest BCUT2D eigenvalue weighted by Crippen LogP contribution is 2.33. The van der Waals surface area contributed by atoms with Crippen LogP contribution >= 0.6 is 0 Å². The lowest BCUT2D eigenvalue weighted by molar-refractivity contribution is 0.00598. The van der Waals surface area contributed by atoms with Gasteiger partial charge in [-0.15, -0.1) is 6.58 Å². The second-order valence-electron chi connectivity index (χ2n) is 14.2. The Labute approximate surface area is 334 Å². The summed E-state index contributed by atoms with van der Waals surface area (Å²) in [5.74, 6) is -6.04. The third-order valence-electron chi connectivity index (χ3n) is 9.68. The zero-order valence-corrected chi connectivity index (χ0v) is 33.3. The van der Waals surface area contributed by atoms with Crippen molar-refractivity contribution >= 4 is 0 Å². The van der Waals surface area contributed by atoms with Gasteiger partial charge in [0.25, 0.3) is 0 Å². The third kappa shape index (κ3) is 14.0. The van der Waals surface area contributed by atoms with Crippen molar-refractivity contribution in [1.82, 2.24) is 0 Å². The lowest BCUT2D eigenvalue weighted by Crippen LogP contribution is -2.18. The van der Waals surface area contributed by atoms with Crippen molar-refractivity contribution in [3.8, 4) is 33.8 Å². The van der Waals surface area contributed by atoms with E-state index in [0.717, 1.165) is 68.9 Å². The van der Waals surface area contributed by atoms with Gasteiger partial charge < -0.3 is 18.9 Å². The van der Waals surface area contributed by atoms with Crippen LogP contribution in [0.15, 0.2) is 73.3 Å². The summed E-state index contributed by atoms with van der Waals surface area (Å²) in [6, 6.07) is 14.5. The van der Waals surface area contributed by atoms with Gasteiger partial charge in [0.2, 0.25) is 11.6 Å². The molecule has 1 unspecified atom stereocenters. The summed E-state index contributed by atoms with van der Waals surface area (Å²) in [6.45, 7) is 9.79. The summed E-state index contributed by atoms with van der Waals surface area (Å²) in [5.41, 5.74) is 1.39. The lowest BCUT2D eigenvalue weighted by atomic mass is 10.0. The van der Waals surface area contributed by atoms with Crippen molar-refractivity contribution < 1.29 is 45.3 Å². The Morgan fingerprint density at radius 1 is 0.509 bits per heavy atom. The van der Waals surface area contributed by atoms with Crippen molar-refractivity contribution in [2.45, 2.75) is 103 Å². The van der Waals surface area contributed by atoms with E-state index >= 15 is 0 Å². The Kier molecular flexibility index (Phi) is 19.5. The molecule has 4 rings (SSSR count). The van der Waals surface area contributed by atoms with E-state index in [2.05, 4.69) is 6.58 Å². The second kappa shape index (κ2) is 24.5. The zero-order valence-electron chi connectivity index (χ0n) is 33.3. The highest BCUT2D eigenvalue weighted by molar-refractivity contribution is 5.67. The van der Waals surface area contributed by atoms with Gasteiger partial charge >= 0.3 is 0 Å². The standard InChI is InChI=1S/C47H56F6O4/c1-4-16-33-18-20-36(40(48)30-33)38-22-24-42(46(52)44(38)50)56-28-14-9-7-8-13-27-55-35(6-3)32-54-26-12-10-11-15-29-57-43-25-23-39(45(51)47(43)53)37-21-19-34(17-5-2)31-41(37)49/h6,18-25,30-31,35H,3-5,7-17,26-29,32H2,1-2H3. The number of rotatable bonds is 27. The van der Waals surface area contributed by atoms with Crippen LogP contribution in [0.25, 0.3) is 22.3 Å². The molecular weight excluding hydrogens is 743 g/mol. The Balaban J connectivity index is 1.00. The maximum Gasteiger partial charge on any atom is 0.201 e. The molecule has 0 amide bonds. The van der Waals surface area contributed by atoms with Crippen molar-refractivity contribution in [2.24, 2.45) is 0 Å². The van der Waals surface area contributed by atoms with Gasteiger partial charge in [0.15, 0.2) is 23.1 Å². The molecule has 0 aliphatic carbocycles. The monoisotopic (exact) mass is 798 g/mol. The summed E-state index contributed by atoms with van der Waals surface area (Å²) in [5, 5.41) is 0. The van der Waals surface area contributed by atoms with Crippen molar-refractivity contribution in [2.75, 3.05) is 33.0 Å². The molecule has 10 heteroatoms. The second-order valence-corrected chi connectivity index (χ2v) is 14.2. The zero-order chi connectivity index (χ0) is 41.0. The van der Waals surface area contributed by atoms with Crippen LogP contribution < -0.4 is 9.47 Å². The molecular formula is C47H56F6O4. The molecule has 57 heavy (non-hydrogen) atoms. The van der Waals surface area contributed by atoms with Gasteiger partial charge in [-0.2, -0.15) is 8.78 Å². The third-order valence-corrected chi connectivity index (χ3v) is 9.68. The minimum Gasteiger partial charge on any atom is -0.490 e. The van der Waals surface area contributed by atoms with Gasteiger partial charge in [-0.05, 0) is 92.5 Å². The Hall–Kier alpha value is -4.28. The van der Waals surface area contributed by atoms with Crippen LogP contribution in [0.1, 0.15) is 95.6 Å². The van der Waals surface area contributed by atoms with E-state index in [9.17, 15) is 26.3 Å². The largest absolute Gasteiger partial charge is 0.490 e. The van der Waals surface area contributed by atoms with Crippen LogP contribution in [0.5, 0.6) is 11.5 Å². The normalized spacial score (nSPS) is 11.9. The number of hydrogen-bond acceptors (Lipinski definition) is 4. The highest BCUT2D eigenvalue weighted by atomic mass is 19.2. The van der Waals surface area contributed by atoms with E-state index in [-0.39, 0.29) is 53.1 Å². The molecule has 0 heterocycles. The summed E-state index contributed by atoms with van der Waals surface area (Å²) in [6.07, 6.45) is 12.1. The van der Waals surface area contributed by atoms with Crippen LogP contribution in [0.3, 0.4) is 0 Å². The number of ether oxygens (including phenoxy) is 4. The SMILES string of the molecule is C=CC(COCCCCCCOc1ccc(-c2ccc(CCC)cc2F)c(F)c1F)OCCCCCCCOc1ccc(-c2ccc(CCC)cc2F)c(F)c1F. The van der Waals surface area contributed by atoms with Crippen LogP contribution in [-0.4, -0.2) is 39.1 Å². The number of halogens is 6. The summed E-state index contributed by atoms with van der Waals surface area (Å²) < 4.78 is 111. The maximum atomic E-state index is 14.8. The molecule has 0 bridgehead atoms. The predicted molar refractivity (Wildman–Crippen MR) is 215 cm³/mol. The number of aryl methyl sites for hydroxylation is 2. The van der Waals surface area contributed by atoms with E-state index in [1.165, 1.54) is 48.5 Å². The molecule has 4 aromatic carbocycles. The summed E-state index contributed by atoms with van der Waals surface area (Å²) in [7, 11) is 0. The van der Waals surface area contributed by atoms with E-state index < -0.39 is 34.9 Å². The summed E-state index contributed by atoms with van der Waals surface area (Å²) in [4.78, 5) is 0. The highest BCUT2D eigenvalue weighted by Gasteiger charge is 2.20. The minimum absolute atomic E-state index is 0.0172. The fourth-order valence-electron chi connectivity index (χ4n) is 6.52. The van der Waals surface area contributed by atoms with Crippen LogP contribution in [-0.2, 0) is 22.3 Å². The smallest absolute Gasteiger partial charge is 0.201 e. The topological polar surface area (TPSA) is 36.9 Å². The number of benzene rings is 4. The number of hydrogen-bond donors (Lipinski definition) is 0. The first-order valence-electron chi connectivity index (χ1n) is 20.3. The average Bonchev–Trinajstić information content (AvgIpc) is 3.20. The van der Waals surface area contributed by atoms with E-state index in [4.69, 9.17) is 18.9 Å². The molecule has 0 N–H and O–H groups in total. The van der Waals surface area contributed by atoms with Gasteiger partial charge in [0.1, 0.15) is 11.6 Å². The molecule has 0 aliphatic rings. The molecule has 0 saturated carbocycles. The summed E-state index contributed by atoms with van der Waals surface area (Å²) >= 11 is 0. The molecule has 4 aromatic rings. The molecule has 0 aromatic heterocycles. The number of unbranched alkanes of at least 4 members (excludes halogenated alkanes) is 7. The van der Waals surface area contributed by atoms with Crippen molar-refractivity contribution in [3.05, 3.63) is 119 Å². The average molecular weight is 799 g/mol. The van der Waals surface area contributed by atoms with Crippen molar-refractivity contribution in [3.63, 3.8) is 0 Å². The van der Waals surface area contributed by atoms with Gasteiger partial charge in [-0.1, -0.05) is 82.7 Å². The van der Waals surface area contributed by atoms with Gasteiger partial charge in [0, 0.05) is 35.5 Å². The Morgan fingerprint density at radius 2 is 0.930 bits per heavy atom. The van der Waals surface area contributed by atoms with Crippen LogP contribution in [0.4, 0.5) is 26.3 Å². The maximum absolute atomic E-state index is 14.8. The van der Waals surface area contributed by atoms with E-state index in [1.807, 2.05) is 13.8 Å². The fraction of sp³-hybridized carbons (Fsp3) is 0.447. The van der Waals surface area contributed by atoms with Crippen LogP contribution in [0, 0.1) is 34.9 Å². The Morgan fingerprint density at radius 3 is 1.37 bits per heavy atom. The molecule has 0 fully saturated rings. The first-order chi connectivity index (χ1) is 27.7. The van der Waals surface area contributed by atoms with Crippen molar-refractivity contribution in [1.29, 1.82) is 0 Å². The molecule has 1 atom stereocenters. The van der Waals surface area contributed by atoms with E-state index in [1.54, 1.807) is 18.2 Å². The molecule has 0 aliphatic heterocycles. The van der Waals surface area contributed by atoms with Crippen LogP contribution in [0.2, 0.25) is 0 Å².